The molecule has 0 aromatic heterocycles. The quantitative estimate of drug-likeness (QED) is 0.494. The Balaban J connectivity index is 3.57. The second-order valence-corrected chi connectivity index (χ2v) is 3.99. The predicted molar refractivity (Wildman–Crippen MR) is 76.9 cm³/mol. The van der Waals surface area contributed by atoms with Gasteiger partial charge in [-0.1, -0.05) is 6.08 Å². The summed E-state index contributed by atoms with van der Waals surface area (Å²) in [5.41, 5.74) is 0.0614. The number of methoxy groups -OCH3 is 1. The summed E-state index contributed by atoms with van der Waals surface area (Å²) in [4.78, 5) is 14.8. The number of aliphatic carboxylic acids is 1. The molecule has 0 spiro atoms. The number of carboxylic acid groups (broad SMARTS) is 1. The van der Waals surface area contributed by atoms with Gasteiger partial charge in [-0.15, -0.1) is 0 Å². The lowest BCUT2D eigenvalue weighted by Gasteiger charge is -2.14. The van der Waals surface area contributed by atoms with Gasteiger partial charge in [0.05, 0.1) is 12.7 Å². The van der Waals surface area contributed by atoms with E-state index in [-0.39, 0.29) is 28.0 Å². The van der Waals surface area contributed by atoms with Crippen LogP contribution in [0.5, 0.6) is 5.75 Å². The van der Waals surface area contributed by atoms with Crippen LogP contribution in [0.25, 0.3) is 5.57 Å². The number of allylic oxidation sites excluding steroid dienone is 1. The third-order valence-electron chi connectivity index (χ3n) is 2.80. The van der Waals surface area contributed by atoms with Crippen LogP contribution in [0.15, 0.2) is 41.0 Å². The van der Waals surface area contributed by atoms with Crippen molar-refractivity contribution in [2.75, 3.05) is 7.11 Å². The van der Waals surface area contributed by atoms with Crippen molar-refractivity contribution in [3.8, 4) is 5.75 Å². The molecule has 1 aromatic carbocycles. The first kappa shape index (κ1) is 16.6. The Hall–Kier alpha value is -2.50. The zero-order chi connectivity index (χ0) is 16.0. The second kappa shape index (κ2) is 7.33. The smallest absolute Gasteiger partial charge is 0.336 e. The van der Waals surface area contributed by atoms with E-state index in [1.54, 1.807) is 0 Å². The van der Waals surface area contributed by atoms with E-state index >= 15 is 0 Å². The van der Waals surface area contributed by atoms with Crippen molar-refractivity contribution in [2.45, 2.75) is 13.3 Å². The molecule has 1 rings (SSSR count). The molecule has 0 aliphatic heterocycles. The molecule has 21 heavy (non-hydrogen) atoms. The van der Waals surface area contributed by atoms with E-state index in [0.29, 0.717) is 0 Å². The topological polar surface area (TPSA) is 58.9 Å². The van der Waals surface area contributed by atoms with Crippen molar-refractivity contribution in [1.82, 2.24) is 0 Å². The number of carbonyl (C=O) groups is 1. The molecule has 1 N–H and O–H groups in total. The van der Waals surface area contributed by atoms with E-state index in [2.05, 4.69) is 11.7 Å². The minimum atomic E-state index is -2.67. The zero-order valence-corrected chi connectivity index (χ0v) is 11.6. The van der Waals surface area contributed by atoms with Gasteiger partial charge in [0.2, 0.25) is 0 Å². The van der Waals surface area contributed by atoms with E-state index in [0.717, 1.165) is 0 Å². The van der Waals surface area contributed by atoms with Crippen molar-refractivity contribution < 1.29 is 23.4 Å². The fourth-order valence-electron chi connectivity index (χ4n) is 1.84. The Morgan fingerprint density at radius 3 is 2.57 bits per heavy atom. The Labute approximate surface area is 121 Å². The Morgan fingerprint density at radius 2 is 2.14 bits per heavy atom. The average molecular weight is 295 g/mol. The van der Waals surface area contributed by atoms with Crippen LogP contribution in [0, 0.1) is 0 Å². The summed E-state index contributed by atoms with van der Waals surface area (Å²) < 4.78 is 30.8. The van der Waals surface area contributed by atoms with Crippen molar-refractivity contribution in [3.05, 3.63) is 47.2 Å². The van der Waals surface area contributed by atoms with Crippen LogP contribution >= 0.6 is 0 Å². The molecule has 6 heteroatoms. The van der Waals surface area contributed by atoms with Gasteiger partial charge in [0, 0.05) is 22.9 Å². The van der Waals surface area contributed by atoms with Crippen LogP contribution in [0.2, 0.25) is 0 Å². The molecule has 0 radical (unpaired) electrons. The molecule has 0 aliphatic carbocycles. The van der Waals surface area contributed by atoms with Crippen molar-refractivity contribution in [3.63, 3.8) is 0 Å². The van der Waals surface area contributed by atoms with E-state index < -0.39 is 12.4 Å². The van der Waals surface area contributed by atoms with Gasteiger partial charge in [-0.3, -0.25) is 4.99 Å². The summed E-state index contributed by atoms with van der Waals surface area (Å²) in [6.45, 7) is 4.81. The van der Waals surface area contributed by atoms with E-state index in [4.69, 9.17) is 4.74 Å². The van der Waals surface area contributed by atoms with Crippen LogP contribution < -0.4 is 4.74 Å². The van der Waals surface area contributed by atoms with E-state index in [1.165, 1.54) is 44.5 Å². The molecule has 1 aromatic rings. The fraction of sp³-hybridized carbons (Fsp3) is 0.200. The van der Waals surface area contributed by atoms with Crippen molar-refractivity contribution >= 4 is 18.3 Å². The highest BCUT2D eigenvalue weighted by Crippen LogP contribution is 2.34. The standard InChI is InChI=1S/C15H15F2NO3/c1-4-10(15(19)20)12(8-18-2)11-7-9(14(16)17)5-6-13(11)21-3/h4-8,14H,2H2,1,3H3,(H,19,20)/b10-4+,12-8+. The van der Waals surface area contributed by atoms with Crippen LogP contribution in [0.1, 0.15) is 24.5 Å². The minimum Gasteiger partial charge on any atom is -0.496 e. The van der Waals surface area contributed by atoms with Gasteiger partial charge < -0.3 is 9.84 Å². The first-order chi connectivity index (χ1) is 9.96. The summed E-state index contributed by atoms with van der Waals surface area (Å²) >= 11 is 0. The lowest BCUT2D eigenvalue weighted by molar-refractivity contribution is -0.132. The minimum absolute atomic E-state index is 0.0767. The maximum Gasteiger partial charge on any atom is 0.336 e. The van der Waals surface area contributed by atoms with Crippen LogP contribution in [0.4, 0.5) is 8.78 Å². The molecule has 0 saturated heterocycles. The first-order valence-corrected chi connectivity index (χ1v) is 5.98. The number of aliphatic imine (C=N–C) groups is 1. The molecule has 4 nitrogen and oxygen atoms in total. The number of ether oxygens (including phenoxy) is 1. The normalized spacial score (nSPS) is 12.4. The lowest BCUT2D eigenvalue weighted by Crippen LogP contribution is -2.05. The highest BCUT2D eigenvalue weighted by molar-refractivity contribution is 6.06. The van der Waals surface area contributed by atoms with Gasteiger partial charge in [0.25, 0.3) is 6.43 Å². The van der Waals surface area contributed by atoms with E-state index in [9.17, 15) is 18.7 Å². The van der Waals surface area contributed by atoms with Crippen molar-refractivity contribution in [1.29, 1.82) is 0 Å². The average Bonchev–Trinajstić information content (AvgIpc) is 2.46. The Bertz CT molecular complexity index is 607. The summed E-state index contributed by atoms with van der Waals surface area (Å²) in [6, 6.07) is 3.78. The molecule has 0 aliphatic rings. The summed E-state index contributed by atoms with van der Waals surface area (Å²) in [5.74, 6) is -0.924. The Morgan fingerprint density at radius 1 is 1.48 bits per heavy atom. The maximum atomic E-state index is 12.8. The predicted octanol–water partition coefficient (Wildman–Crippen LogP) is 3.71. The maximum absolute atomic E-state index is 12.8. The number of nitrogens with zero attached hydrogens (tertiary/aromatic N) is 1. The van der Waals surface area contributed by atoms with Crippen LogP contribution in [-0.2, 0) is 4.79 Å². The fourth-order valence-corrected chi connectivity index (χ4v) is 1.84. The molecule has 0 bridgehead atoms. The monoisotopic (exact) mass is 295 g/mol. The molecular weight excluding hydrogens is 280 g/mol. The third kappa shape index (κ3) is 3.75. The van der Waals surface area contributed by atoms with Gasteiger partial charge in [-0.2, -0.15) is 0 Å². The summed E-state index contributed by atoms with van der Waals surface area (Å²) in [6.07, 6.45) is -0.115. The number of rotatable bonds is 6. The van der Waals surface area contributed by atoms with Gasteiger partial charge in [-0.05, 0) is 31.8 Å². The molecule has 0 fully saturated rings. The van der Waals surface area contributed by atoms with Crippen molar-refractivity contribution in [2.24, 2.45) is 4.99 Å². The SMILES string of the molecule is C=N/C=C(\C(=C/C)C(=O)O)c1cc(C(F)F)ccc1OC. The first-order valence-electron chi connectivity index (χ1n) is 5.98. The number of hydrogen-bond acceptors (Lipinski definition) is 3. The number of hydrogen-bond donors (Lipinski definition) is 1. The molecule has 0 heterocycles. The zero-order valence-electron chi connectivity index (χ0n) is 11.6. The molecule has 0 atom stereocenters. The van der Waals surface area contributed by atoms with Gasteiger partial charge in [0.15, 0.2) is 0 Å². The number of carboxylic acids is 1. The molecule has 0 amide bonds. The second-order valence-electron chi connectivity index (χ2n) is 3.99. The number of benzene rings is 1. The van der Waals surface area contributed by atoms with Gasteiger partial charge >= 0.3 is 5.97 Å². The van der Waals surface area contributed by atoms with E-state index in [1.807, 2.05) is 0 Å². The summed E-state index contributed by atoms with van der Waals surface area (Å²) in [5, 5.41) is 9.21. The van der Waals surface area contributed by atoms with Gasteiger partial charge in [0.1, 0.15) is 5.75 Å². The highest BCUT2D eigenvalue weighted by atomic mass is 19.3. The molecular formula is C15H15F2NO3. The molecule has 0 unspecified atom stereocenters. The Kier molecular flexibility index (Phi) is 5.78. The number of halogens is 2. The highest BCUT2D eigenvalue weighted by Gasteiger charge is 2.20. The van der Waals surface area contributed by atoms with Gasteiger partial charge in [-0.25, -0.2) is 13.6 Å². The molecule has 112 valence electrons. The summed E-state index contributed by atoms with van der Waals surface area (Å²) in [7, 11) is 1.37. The van der Waals surface area contributed by atoms with Crippen LogP contribution in [-0.4, -0.2) is 24.9 Å². The van der Waals surface area contributed by atoms with Crippen LogP contribution in [0.3, 0.4) is 0 Å². The number of alkyl halides is 2. The molecule has 0 saturated carbocycles. The lowest BCUT2D eigenvalue weighted by atomic mass is 9.96. The third-order valence-corrected chi connectivity index (χ3v) is 2.80. The largest absolute Gasteiger partial charge is 0.496 e.